The quantitative estimate of drug-likeness (QED) is 0.886. The van der Waals surface area contributed by atoms with Crippen molar-refractivity contribution in [3.8, 4) is 0 Å². The summed E-state index contributed by atoms with van der Waals surface area (Å²) in [4.78, 5) is 0. The van der Waals surface area contributed by atoms with Crippen molar-refractivity contribution in [1.82, 2.24) is 5.32 Å². The van der Waals surface area contributed by atoms with Crippen LogP contribution in [0.2, 0.25) is 0 Å². The summed E-state index contributed by atoms with van der Waals surface area (Å²) in [5.74, 6) is 0. The lowest BCUT2D eigenvalue weighted by Gasteiger charge is -2.30. The fraction of sp³-hybridized carbons (Fsp3) is 0.600. The zero-order chi connectivity index (χ0) is 13.0. The Balaban J connectivity index is 1.99. The summed E-state index contributed by atoms with van der Waals surface area (Å²) in [6, 6.07) is 9.38. The van der Waals surface area contributed by atoms with Crippen LogP contribution in [0.1, 0.15) is 50.6 Å². The normalized spacial score (nSPS) is 25.9. The summed E-state index contributed by atoms with van der Waals surface area (Å²) in [5, 5.41) is 13.3. The Bertz CT molecular complexity index is 375. The molecule has 0 spiro atoms. The van der Waals surface area contributed by atoms with Crippen molar-refractivity contribution in [3.63, 3.8) is 0 Å². The minimum atomic E-state index is -0.0772. The van der Waals surface area contributed by atoms with E-state index >= 15 is 0 Å². The number of hydrogen-bond donors (Lipinski definition) is 2. The van der Waals surface area contributed by atoms with E-state index in [1.807, 2.05) is 0 Å². The molecule has 0 aliphatic heterocycles. The Morgan fingerprint density at radius 1 is 1.28 bits per heavy atom. The van der Waals surface area contributed by atoms with Gasteiger partial charge in [-0.15, -0.1) is 0 Å². The molecule has 100 valence electrons. The molecule has 0 amide bonds. The van der Waals surface area contributed by atoms with Gasteiger partial charge in [0.2, 0.25) is 0 Å². The molecular formula is C15H22BrNO. The van der Waals surface area contributed by atoms with Crippen molar-refractivity contribution in [2.24, 2.45) is 0 Å². The summed E-state index contributed by atoms with van der Waals surface area (Å²) in [6.45, 7) is 2.22. The van der Waals surface area contributed by atoms with Gasteiger partial charge in [-0.05, 0) is 43.7 Å². The van der Waals surface area contributed by atoms with Crippen molar-refractivity contribution in [3.05, 3.63) is 34.3 Å². The third-order valence-electron chi connectivity index (χ3n) is 3.82. The fourth-order valence-corrected chi connectivity index (χ4v) is 3.27. The van der Waals surface area contributed by atoms with E-state index in [9.17, 15) is 5.11 Å². The average Bonchev–Trinajstić information content (AvgIpc) is 2.39. The van der Waals surface area contributed by atoms with E-state index in [-0.39, 0.29) is 6.10 Å². The van der Waals surface area contributed by atoms with Crippen LogP contribution in [-0.4, -0.2) is 17.3 Å². The molecule has 2 nitrogen and oxygen atoms in total. The molecule has 0 unspecified atom stereocenters. The van der Waals surface area contributed by atoms with Crippen molar-refractivity contribution in [2.45, 2.75) is 57.2 Å². The highest BCUT2D eigenvalue weighted by Crippen LogP contribution is 2.28. The molecule has 2 N–H and O–H groups in total. The van der Waals surface area contributed by atoms with Crippen molar-refractivity contribution < 1.29 is 5.11 Å². The highest BCUT2D eigenvalue weighted by atomic mass is 79.9. The number of hydrogen-bond acceptors (Lipinski definition) is 2. The average molecular weight is 312 g/mol. The van der Waals surface area contributed by atoms with E-state index in [1.54, 1.807) is 0 Å². The Kier molecular flexibility index (Phi) is 5.22. The van der Waals surface area contributed by atoms with Crippen LogP contribution < -0.4 is 5.32 Å². The number of aliphatic hydroxyl groups is 1. The minimum absolute atomic E-state index is 0.0772. The van der Waals surface area contributed by atoms with Gasteiger partial charge in [0.25, 0.3) is 0 Å². The van der Waals surface area contributed by atoms with Crippen LogP contribution >= 0.6 is 15.9 Å². The monoisotopic (exact) mass is 311 g/mol. The second-order valence-corrected chi connectivity index (χ2v) is 6.01. The molecular weight excluding hydrogens is 290 g/mol. The molecule has 1 aromatic carbocycles. The molecule has 0 heterocycles. The lowest BCUT2D eigenvalue weighted by atomic mass is 9.91. The Morgan fingerprint density at radius 3 is 2.56 bits per heavy atom. The molecule has 0 radical (unpaired) electrons. The smallest absolute Gasteiger partial charge is 0.0541 e. The van der Waals surface area contributed by atoms with Crippen LogP contribution in [0.5, 0.6) is 0 Å². The van der Waals surface area contributed by atoms with Crippen LogP contribution in [0.4, 0.5) is 0 Å². The van der Waals surface area contributed by atoms with Gasteiger partial charge in [-0.25, -0.2) is 0 Å². The summed E-state index contributed by atoms with van der Waals surface area (Å²) in [6.07, 6.45) is 5.05. The van der Waals surface area contributed by atoms with E-state index in [1.165, 1.54) is 10.0 Å². The maximum Gasteiger partial charge on any atom is 0.0541 e. The molecule has 3 heteroatoms. The largest absolute Gasteiger partial charge is 0.393 e. The van der Waals surface area contributed by atoms with Gasteiger partial charge < -0.3 is 10.4 Å². The van der Waals surface area contributed by atoms with E-state index in [0.717, 1.165) is 32.1 Å². The molecule has 1 aliphatic rings. The number of halogens is 1. The van der Waals surface area contributed by atoms with Crippen molar-refractivity contribution in [1.29, 1.82) is 0 Å². The number of aliphatic hydroxyl groups excluding tert-OH is 1. The summed E-state index contributed by atoms with van der Waals surface area (Å²) < 4.78 is 1.18. The SMILES string of the molecule is CC[C@@H](NC1CCC(O)CC1)c1ccccc1Br. The third-order valence-corrected chi connectivity index (χ3v) is 4.54. The van der Waals surface area contributed by atoms with Crippen LogP contribution in [0, 0.1) is 0 Å². The Labute approximate surface area is 118 Å². The van der Waals surface area contributed by atoms with Gasteiger partial charge >= 0.3 is 0 Å². The molecule has 1 atom stereocenters. The number of rotatable bonds is 4. The molecule has 2 rings (SSSR count). The van der Waals surface area contributed by atoms with Gasteiger partial charge in [0.15, 0.2) is 0 Å². The predicted octanol–water partition coefficient (Wildman–Crippen LogP) is 3.79. The van der Waals surface area contributed by atoms with Crippen molar-refractivity contribution >= 4 is 15.9 Å². The van der Waals surface area contributed by atoms with Crippen LogP contribution in [0.15, 0.2) is 28.7 Å². The number of nitrogens with one attached hydrogen (secondary N) is 1. The first-order valence-corrected chi connectivity index (χ1v) is 7.68. The highest BCUT2D eigenvalue weighted by molar-refractivity contribution is 9.10. The lowest BCUT2D eigenvalue weighted by Crippen LogP contribution is -2.37. The van der Waals surface area contributed by atoms with Gasteiger partial charge in [0, 0.05) is 16.6 Å². The van der Waals surface area contributed by atoms with E-state index in [0.29, 0.717) is 12.1 Å². The van der Waals surface area contributed by atoms with E-state index in [4.69, 9.17) is 0 Å². The molecule has 1 aromatic rings. The molecule has 1 saturated carbocycles. The summed E-state index contributed by atoms with van der Waals surface area (Å²) in [5.41, 5.74) is 1.34. The maximum absolute atomic E-state index is 9.54. The Morgan fingerprint density at radius 2 is 1.94 bits per heavy atom. The van der Waals surface area contributed by atoms with Gasteiger partial charge in [0.05, 0.1) is 6.10 Å². The zero-order valence-electron chi connectivity index (χ0n) is 10.9. The Hall–Kier alpha value is -0.380. The van der Waals surface area contributed by atoms with E-state index < -0.39 is 0 Å². The topological polar surface area (TPSA) is 32.3 Å². The fourth-order valence-electron chi connectivity index (χ4n) is 2.71. The second-order valence-electron chi connectivity index (χ2n) is 5.15. The maximum atomic E-state index is 9.54. The van der Waals surface area contributed by atoms with Gasteiger partial charge in [0.1, 0.15) is 0 Å². The van der Waals surface area contributed by atoms with Crippen molar-refractivity contribution in [2.75, 3.05) is 0 Å². The number of benzene rings is 1. The highest BCUT2D eigenvalue weighted by Gasteiger charge is 2.22. The predicted molar refractivity (Wildman–Crippen MR) is 78.6 cm³/mol. The molecule has 0 aromatic heterocycles. The lowest BCUT2D eigenvalue weighted by molar-refractivity contribution is 0.114. The van der Waals surface area contributed by atoms with Gasteiger partial charge in [-0.3, -0.25) is 0 Å². The first-order chi connectivity index (χ1) is 8.70. The standard InChI is InChI=1S/C15H22BrNO/c1-2-15(13-5-3-4-6-14(13)16)17-11-7-9-12(18)10-8-11/h3-6,11-12,15,17-18H,2,7-10H2,1H3/t11?,12?,15-/m1/s1. The van der Waals surface area contributed by atoms with E-state index in [2.05, 4.69) is 52.4 Å². The third kappa shape index (κ3) is 3.56. The zero-order valence-corrected chi connectivity index (χ0v) is 12.5. The van der Waals surface area contributed by atoms with Crippen LogP contribution in [0.25, 0.3) is 0 Å². The molecule has 1 fully saturated rings. The molecule has 0 bridgehead atoms. The first kappa shape index (κ1) is 14.0. The second kappa shape index (κ2) is 6.69. The summed E-state index contributed by atoms with van der Waals surface area (Å²) in [7, 11) is 0. The van der Waals surface area contributed by atoms with Crippen LogP contribution in [-0.2, 0) is 0 Å². The molecule has 0 saturated heterocycles. The van der Waals surface area contributed by atoms with Gasteiger partial charge in [-0.1, -0.05) is 41.1 Å². The minimum Gasteiger partial charge on any atom is -0.393 e. The molecule has 18 heavy (non-hydrogen) atoms. The molecule has 1 aliphatic carbocycles. The van der Waals surface area contributed by atoms with Gasteiger partial charge in [-0.2, -0.15) is 0 Å². The first-order valence-electron chi connectivity index (χ1n) is 6.89. The van der Waals surface area contributed by atoms with Crippen LogP contribution in [0.3, 0.4) is 0 Å². The summed E-state index contributed by atoms with van der Waals surface area (Å²) >= 11 is 3.63.